The number of nitrogens with one attached hydrogen (secondary N) is 1. The van der Waals surface area contributed by atoms with Crippen LogP contribution in [-0.2, 0) is 31.1 Å². The molecule has 1 amide bonds. The number of nitrogens with zero attached hydrogens (tertiary/aromatic N) is 8. The van der Waals surface area contributed by atoms with Crippen LogP contribution in [-0.4, -0.2) is 74.9 Å². The maximum Gasteiger partial charge on any atom is 0.408 e. The second kappa shape index (κ2) is 18.8. The lowest BCUT2D eigenvalue weighted by atomic mass is 9.93. The summed E-state index contributed by atoms with van der Waals surface area (Å²) in [4.78, 5) is 41.4. The predicted octanol–water partition coefficient (Wildman–Crippen LogP) is 10.2. The SMILES string of the molecule is Cc1nccc(-c2sc(C(C)(C)N)nc2-c2cccc(N(CC(C)(C)N(C(=O)O)C(C)(C)c3nc(-c4cccc(NS(=O)(=O)c5ccoc5)c4F)c(-c4ccnc(Cl)n4)s3)S(=O)(=O)c3ccoc3)c2F)n1. The monoisotopic (exact) mass is 1060 g/mol. The average Bonchev–Trinajstić information content (AvgIpc) is 4.14. The number of amides is 1. The highest BCUT2D eigenvalue weighted by Gasteiger charge is 2.48. The van der Waals surface area contributed by atoms with Gasteiger partial charge in [-0.1, -0.05) is 12.1 Å². The third kappa shape index (κ3) is 9.86. The molecule has 0 atom stereocenters. The Morgan fingerprint density at radius 2 is 1.34 bits per heavy atom. The molecule has 0 bridgehead atoms. The molecule has 0 radical (unpaired) electrons. The minimum atomic E-state index is -4.75. The van der Waals surface area contributed by atoms with Gasteiger partial charge in [0.05, 0.1) is 79.6 Å². The molecule has 0 saturated heterocycles. The molecule has 0 spiro atoms. The van der Waals surface area contributed by atoms with Crippen LogP contribution in [0.25, 0.3) is 43.7 Å². The van der Waals surface area contributed by atoms with Crippen LogP contribution in [0.3, 0.4) is 0 Å². The van der Waals surface area contributed by atoms with E-state index in [2.05, 4.69) is 24.7 Å². The average molecular weight is 1070 g/mol. The van der Waals surface area contributed by atoms with E-state index in [1.807, 2.05) is 0 Å². The van der Waals surface area contributed by atoms with Crippen LogP contribution in [0.15, 0.2) is 117 Å². The van der Waals surface area contributed by atoms with Crippen molar-refractivity contribution in [1.29, 1.82) is 0 Å². The number of sulfonamides is 2. The molecule has 370 valence electrons. The number of carbonyl (C=O) groups is 1. The van der Waals surface area contributed by atoms with E-state index in [9.17, 15) is 26.7 Å². The van der Waals surface area contributed by atoms with E-state index < -0.39 is 72.3 Å². The number of furan rings is 2. The van der Waals surface area contributed by atoms with Gasteiger partial charge in [-0.05, 0) is 109 Å². The Balaban J connectivity index is 1.25. The number of aryl methyl sites for hydroxylation is 1. The minimum absolute atomic E-state index is 0.0589. The lowest BCUT2D eigenvalue weighted by molar-refractivity contribution is 0.0271. The lowest BCUT2D eigenvalue weighted by Gasteiger charge is -2.47. The molecule has 6 heterocycles. The molecular weight excluding hydrogens is 1020 g/mol. The first kappa shape index (κ1) is 50.7. The van der Waals surface area contributed by atoms with Crippen molar-refractivity contribution in [3.63, 3.8) is 0 Å². The van der Waals surface area contributed by atoms with Crippen LogP contribution < -0.4 is 14.8 Å². The van der Waals surface area contributed by atoms with Gasteiger partial charge in [-0.3, -0.25) is 13.9 Å². The van der Waals surface area contributed by atoms with Gasteiger partial charge in [-0.25, -0.2) is 60.3 Å². The summed E-state index contributed by atoms with van der Waals surface area (Å²) in [6.45, 7) is 10.4. The number of benzene rings is 2. The van der Waals surface area contributed by atoms with Gasteiger partial charge in [0, 0.05) is 23.5 Å². The summed E-state index contributed by atoms with van der Waals surface area (Å²) in [6, 6.07) is 13.6. The molecule has 0 saturated carbocycles. The third-order valence-corrected chi connectivity index (χ3v) is 17.0. The summed E-state index contributed by atoms with van der Waals surface area (Å²) in [7, 11) is -9.06. The first-order valence-corrected chi connectivity index (χ1v) is 26.1. The van der Waals surface area contributed by atoms with Gasteiger partial charge in [-0.2, -0.15) is 0 Å². The van der Waals surface area contributed by atoms with Crippen molar-refractivity contribution in [1.82, 2.24) is 34.8 Å². The van der Waals surface area contributed by atoms with Crippen molar-refractivity contribution < 1.29 is 44.4 Å². The van der Waals surface area contributed by atoms with Crippen LogP contribution in [0.4, 0.5) is 25.0 Å². The van der Waals surface area contributed by atoms with Gasteiger partial charge in [0.25, 0.3) is 20.0 Å². The molecule has 8 rings (SSSR count). The largest absolute Gasteiger partial charge is 0.471 e. The second-order valence-corrected chi connectivity index (χ2v) is 23.5. The summed E-state index contributed by atoms with van der Waals surface area (Å²) >= 11 is 8.34. The van der Waals surface area contributed by atoms with Gasteiger partial charge >= 0.3 is 6.09 Å². The summed E-state index contributed by atoms with van der Waals surface area (Å²) in [5.41, 5.74) is 1.51. The third-order valence-electron chi connectivity index (χ3n) is 11.0. The highest BCUT2D eigenvalue weighted by atomic mass is 35.5. The fourth-order valence-corrected chi connectivity index (χ4v) is 12.7. The number of halogens is 3. The van der Waals surface area contributed by atoms with Crippen LogP contribution in [0.2, 0.25) is 5.28 Å². The summed E-state index contributed by atoms with van der Waals surface area (Å²) in [5.74, 6) is -1.60. The molecule has 4 N–H and O–H groups in total. The Morgan fingerprint density at radius 1 is 0.775 bits per heavy atom. The number of hydrogen-bond acceptors (Lipinski definition) is 16. The number of anilines is 2. The molecule has 8 aromatic rings. The smallest absolute Gasteiger partial charge is 0.408 e. The molecule has 2 aromatic carbocycles. The zero-order chi connectivity index (χ0) is 51.4. The van der Waals surface area contributed by atoms with Crippen LogP contribution >= 0.6 is 34.3 Å². The number of carboxylic acid groups (broad SMARTS) is 1. The normalized spacial score (nSPS) is 12.5. The molecule has 0 aliphatic rings. The molecule has 6 aromatic heterocycles. The van der Waals surface area contributed by atoms with E-state index >= 15 is 8.78 Å². The first-order chi connectivity index (χ1) is 33.3. The zero-order valence-electron chi connectivity index (χ0n) is 38.7. The number of thiazole rings is 2. The minimum Gasteiger partial charge on any atom is -0.471 e. The molecule has 0 unspecified atom stereocenters. The van der Waals surface area contributed by atoms with Crippen molar-refractivity contribution in [2.75, 3.05) is 15.6 Å². The van der Waals surface area contributed by atoms with E-state index in [-0.39, 0.29) is 53.2 Å². The van der Waals surface area contributed by atoms with Gasteiger partial charge in [-0.15, -0.1) is 22.7 Å². The quantitative estimate of drug-likeness (QED) is 0.0761. The number of nitrogens with two attached hydrogens (primary N) is 1. The molecule has 18 nitrogen and oxygen atoms in total. The number of aromatic nitrogens is 6. The Kier molecular flexibility index (Phi) is 13.4. The summed E-state index contributed by atoms with van der Waals surface area (Å²) in [5, 5.41) is 11.5. The highest BCUT2D eigenvalue weighted by Crippen LogP contribution is 2.47. The van der Waals surface area contributed by atoms with Gasteiger partial charge in [0.2, 0.25) is 5.28 Å². The van der Waals surface area contributed by atoms with Crippen LogP contribution in [0, 0.1) is 18.6 Å². The van der Waals surface area contributed by atoms with Gasteiger partial charge in [0.1, 0.15) is 38.2 Å². The Bertz CT molecular complexity index is 3530. The Hall–Kier alpha value is -6.70. The molecule has 71 heavy (non-hydrogen) atoms. The number of hydrogen-bond donors (Lipinski definition) is 3. The zero-order valence-corrected chi connectivity index (χ0v) is 42.7. The Morgan fingerprint density at radius 3 is 1.92 bits per heavy atom. The lowest BCUT2D eigenvalue weighted by Crippen LogP contribution is -2.61. The van der Waals surface area contributed by atoms with Crippen LogP contribution in [0.1, 0.15) is 57.4 Å². The summed E-state index contributed by atoms with van der Waals surface area (Å²) in [6.07, 6.45) is 5.58. The van der Waals surface area contributed by atoms with Crippen molar-refractivity contribution in [3.05, 3.63) is 131 Å². The summed E-state index contributed by atoms with van der Waals surface area (Å²) < 4.78 is 103. The standard InChI is InChI=1S/C46H43ClF2N10O8S4/c1-25-51-18-14-31(53-25)38-37(55-40(68-38)45(4,5)50)29-11-9-13-33(35(29)49)58(71(64,65)27-17-21-67-23-27)24-44(2,3)59(43(60)61)46(6,7)41-56-36(39(69-41)32-15-19-52-42(47)54-32)28-10-8-12-30(34(28)48)57-70(62,63)26-16-20-66-22-26/h8-23,57H,24,50H2,1-7H3,(H,60,61). The molecule has 0 fully saturated rings. The second-order valence-electron chi connectivity index (χ2n) is 17.6. The molecular formula is C46H43ClF2N10O8S4. The van der Waals surface area contributed by atoms with E-state index in [0.717, 1.165) is 45.6 Å². The van der Waals surface area contributed by atoms with Crippen molar-refractivity contribution in [2.45, 2.75) is 74.9 Å². The Labute approximate surface area is 419 Å². The van der Waals surface area contributed by atoms with Gasteiger partial charge < -0.3 is 19.7 Å². The maximum atomic E-state index is 17.7. The van der Waals surface area contributed by atoms with Gasteiger partial charge in [0.15, 0.2) is 11.6 Å². The topological polar surface area (TPSA) is 254 Å². The predicted molar refractivity (Wildman–Crippen MR) is 264 cm³/mol. The maximum absolute atomic E-state index is 17.7. The van der Waals surface area contributed by atoms with E-state index in [0.29, 0.717) is 21.4 Å². The molecule has 0 aliphatic heterocycles. The number of rotatable bonds is 16. The van der Waals surface area contributed by atoms with E-state index in [1.54, 1.807) is 33.0 Å². The van der Waals surface area contributed by atoms with Crippen molar-refractivity contribution >= 4 is 71.8 Å². The first-order valence-electron chi connectivity index (χ1n) is 21.1. The van der Waals surface area contributed by atoms with Crippen molar-refractivity contribution in [3.8, 4) is 43.7 Å². The van der Waals surface area contributed by atoms with E-state index in [1.165, 1.54) is 99.8 Å². The fraction of sp³-hybridized carbons (Fsp3) is 0.239. The molecule has 0 aliphatic carbocycles. The fourth-order valence-electron chi connectivity index (χ4n) is 7.83. The van der Waals surface area contributed by atoms with Crippen molar-refractivity contribution in [2.24, 2.45) is 5.73 Å². The van der Waals surface area contributed by atoms with Crippen LogP contribution in [0.5, 0.6) is 0 Å². The van der Waals surface area contributed by atoms with E-state index in [4.69, 9.17) is 36.1 Å². The highest BCUT2D eigenvalue weighted by molar-refractivity contribution is 7.93. The molecule has 25 heteroatoms.